The molecule has 1 rings (SSSR count). The van der Waals surface area contributed by atoms with Crippen LogP contribution < -0.4 is 10.6 Å². The highest BCUT2D eigenvalue weighted by atomic mass is 79.9. The van der Waals surface area contributed by atoms with Crippen LogP contribution in [0.2, 0.25) is 0 Å². The zero-order valence-electron chi connectivity index (χ0n) is 10.8. The number of carbonyl (C=O) groups is 2. The maximum atomic E-state index is 11.8. The van der Waals surface area contributed by atoms with Gasteiger partial charge in [0.05, 0.1) is 8.66 Å². The second kappa shape index (κ2) is 7.62. The van der Waals surface area contributed by atoms with E-state index in [4.69, 9.17) is 5.11 Å². The Labute approximate surface area is 124 Å². The molecule has 0 saturated carbocycles. The molecular weight excluding hydrogens is 332 g/mol. The summed E-state index contributed by atoms with van der Waals surface area (Å²) in [4.78, 5) is 24.1. The van der Waals surface area contributed by atoms with Crippen LogP contribution in [0.15, 0.2) is 15.9 Å². The molecule has 0 spiro atoms. The zero-order valence-corrected chi connectivity index (χ0v) is 13.2. The second-order valence-corrected chi connectivity index (χ2v) is 6.79. The highest BCUT2D eigenvalue weighted by molar-refractivity contribution is 9.11. The van der Waals surface area contributed by atoms with Crippen molar-refractivity contribution in [2.24, 2.45) is 5.92 Å². The van der Waals surface area contributed by atoms with Gasteiger partial charge in [-0.3, -0.25) is 9.59 Å². The summed E-state index contributed by atoms with van der Waals surface area (Å²) in [5.41, 5.74) is 0. The highest BCUT2D eigenvalue weighted by Crippen LogP contribution is 2.21. The quantitative estimate of drug-likeness (QED) is 0.726. The second-order valence-electron chi connectivity index (χ2n) is 4.33. The summed E-state index contributed by atoms with van der Waals surface area (Å²) >= 11 is 4.59. The molecule has 0 aliphatic carbocycles. The number of rotatable bonds is 6. The average Bonchev–Trinajstić information content (AvgIpc) is 2.82. The summed E-state index contributed by atoms with van der Waals surface area (Å²) in [6.07, 6.45) is 0. The highest BCUT2D eigenvalue weighted by Gasteiger charge is 2.17. The molecule has 0 radical (unpaired) electrons. The standard InChI is InChI=1S/C12H17BrN2O3S/c1-7(6-16)5-14-11(17)8(2)15-12(18)9-3-4-10(13)19-9/h3-4,7-8,16H,5-6H2,1-2H3,(H,14,17)(H,15,18). The van der Waals surface area contributed by atoms with Crippen molar-refractivity contribution >= 4 is 39.1 Å². The molecule has 0 bridgehead atoms. The van der Waals surface area contributed by atoms with Crippen LogP contribution in [0.5, 0.6) is 0 Å². The number of amides is 2. The molecule has 1 aromatic heterocycles. The minimum absolute atomic E-state index is 0.0000953. The molecule has 5 nitrogen and oxygen atoms in total. The van der Waals surface area contributed by atoms with Gasteiger partial charge in [0.1, 0.15) is 6.04 Å². The van der Waals surface area contributed by atoms with Crippen LogP contribution in [0.4, 0.5) is 0 Å². The number of thiophene rings is 1. The molecule has 0 aliphatic rings. The number of aliphatic hydroxyl groups is 1. The molecule has 0 aromatic carbocycles. The Kier molecular flexibility index (Phi) is 6.47. The lowest BCUT2D eigenvalue weighted by atomic mass is 10.2. The van der Waals surface area contributed by atoms with Crippen LogP contribution in [-0.4, -0.2) is 36.1 Å². The lowest BCUT2D eigenvalue weighted by Gasteiger charge is -2.15. The average molecular weight is 349 g/mol. The van der Waals surface area contributed by atoms with E-state index in [2.05, 4.69) is 26.6 Å². The molecule has 7 heteroatoms. The van der Waals surface area contributed by atoms with Crippen molar-refractivity contribution < 1.29 is 14.7 Å². The summed E-state index contributed by atoms with van der Waals surface area (Å²) in [6.45, 7) is 3.86. The van der Waals surface area contributed by atoms with E-state index in [9.17, 15) is 9.59 Å². The van der Waals surface area contributed by atoms with Crippen molar-refractivity contribution in [1.29, 1.82) is 0 Å². The predicted molar refractivity (Wildman–Crippen MR) is 78.2 cm³/mol. The zero-order chi connectivity index (χ0) is 14.4. The molecule has 2 unspecified atom stereocenters. The Balaban J connectivity index is 2.43. The Morgan fingerprint density at radius 1 is 1.42 bits per heavy atom. The van der Waals surface area contributed by atoms with Crippen molar-refractivity contribution in [3.05, 3.63) is 20.8 Å². The van der Waals surface area contributed by atoms with E-state index < -0.39 is 6.04 Å². The first kappa shape index (κ1) is 16.1. The molecule has 0 fully saturated rings. The fraction of sp³-hybridized carbons (Fsp3) is 0.500. The van der Waals surface area contributed by atoms with E-state index in [-0.39, 0.29) is 24.3 Å². The summed E-state index contributed by atoms with van der Waals surface area (Å²) in [5.74, 6) is -0.530. The van der Waals surface area contributed by atoms with E-state index >= 15 is 0 Å². The summed E-state index contributed by atoms with van der Waals surface area (Å²) < 4.78 is 0.867. The van der Waals surface area contributed by atoms with Gasteiger partial charge in [-0.25, -0.2) is 0 Å². The van der Waals surface area contributed by atoms with E-state index in [0.29, 0.717) is 11.4 Å². The van der Waals surface area contributed by atoms with Crippen LogP contribution in [-0.2, 0) is 4.79 Å². The molecule has 1 aromatic rings. The van der Waals surface area contributed by atoms with Crippen molar-refractivity contribution in [1.82, 2.24) is 10.6 Å². The minimum Gasteiger partial charge on any atom is -0.396 e. The Morgan fingerprint density at radius 3 is 2.63 bits per heavy atom. The number of hydrogen-bond acceptors (Lipinski definition) is 4. The SMILES string of the molecule is CC(CO)CNC(=O)C(C)NC(=O)c1ccc(Br)s1. The first-order chi connectivity index (χ1) is 8.93. The largest absolute Gasteiger partial charge is 0.396 e. The number of aliphatic hydroxyl groups excluding tert-OH is 1. The number of hydrogen-bond donors (Lipinski definition) is 3. The van der Waals surface area contributed by atoms with Crippen molar-refractivity contribution in [2.45, 2.75) is 19.9 Å². The molecule has 1 heterocycles. The smallest absolute Gasteiger partial charge is 0.262 e. The van der Waals surface area contributed by atoms with E-state index in [1.165, 1.54) is 11.3 Å². The van der Waals surface area contributed by atoms with E-state index in [1.54, 1.807) is 19.1 Å². The fourth-order valence-corrected chi connectivity index (χ4v) is 2.55. The molecule has 3 N–H and O–H groups in total. The van der Waals surface area contributed by atoms with Gasteiger partial charge in [0.25, 0.3) is 5.91 Å². The van der Waals surface area contributed by atoms with Gasteiger partial charge < -0.3 is 15.7 Å². The van der Waals surface area contributed by atoms with E-state index in [1.807, 2.05) is 6.92 Å². The topological polar surface area (TPSA) is 78.4 Å². The molecule has 19 heavy (non-hydrogen) atoms. The van der Waals surface area contributed by atoms with Gasteiger partial charge in [-0.1, -0.05) is 6.92 Å². The van der Waals surface area contributed by atoms with Gasteiger partial charge in [0, 0.05) is 13.2 Å². The van der Waals surface area contributed by atoms with Crippen LogP contribution in [0.25, 0.3) is 0 Å². The van der Waals surface area contributed by atoms with Crippen molar-refractivity contribution in [3.8, 4) is 0 Å². The van der Waals surface area contributed by atoms with Crippen LogP contribution in [0.3, 0.4) is 0 Å². The number of nitrogens with one attached hydrogen (secondary N) is 2. The summed E-state index contributed by atoms with van der Waals surface area (Å²) in [5, 5.41) is 14.2. The molecule has 2 amide bonds. The first-order valence-corrected chi connectivity index (χ1v) is 7.49. The Morgan fingerprint density at radius 2 is 2.11 bits per heavy atom. The molecular formula is C12H17BrN2O3S. The van der Waals surface area contributed by atoms with Gasteiger partial charge in [0.2, 0.25) is 5.91 Å². The molecule has 106 valence electrons. The minimum atomic E-state index is -0.612. The maximum absolute atomic E-state index is 11.8. The fourth-order valence-electron chi connectivity index (χ4n) is 1.26. The third-order valence-electron chi connectivity index (χ3n) is 2.47. The lowest BCUT2D eigenvalue weighted by Crippen LogP contribution is -2.45. The van der Waals surface area contributed by atoms with Crippen molar-refractivity contribution in [3.63, 3.8) is 0 Å². The Hall–Kier alpha value is -0.920. The third-order valence-corrected chi connectivity index (χ3v) is 4.10. The number of halogens is 1. The predicted octanol–water partition coefficient (Wildman–Crippen LogP) is 1.37. The summed E-state index contributed by atoms with van der Waals surface area (Å²) in [7, 11) is 0. The van der Waals surface area contributed by atoms with Gasteiger partial charge >= 0.3 is 0 Å². The monoisotopic (exact) mass is 348 g/mol. The molecule has 0 aliphatic heterocycles. The summed E-state index contributed by atoms with van der Waals surface area (Å²) in [6, 6.07) is 2.87. The molecule has 2 atom stereocenters. The van der Waals surface area contributed by atoms with Gasteiger partial charge in [-0.15, -0.1) is 11.3 Å². The van der Waals surface area contributed by atoms with Gasteiger partial charge in [-0.05, 0) is 40.9 Å². The van der Waals surface area contributed by atoms with Crippen LogP contribution in [0, 0.1) is 5.92 Å². The van der Waals surface area contributed by atoms with Gasteiger partial charge in [0.15, 0.2) is 0 Å². The van der Waals surface area contributed by atoms with Crippen molar-refractivity contribution in [2.75, 3.05) is 13.2 Å². The Bertz CT molecular complexity index is 450. The van der Waals surface area contributed by atoms with Crippen LogP contribution >= 0.6 is 27.3 Å². The normalized spacial score (nSPS) is 13.7. The lowest BCUT2D eigenvalue weighted by molar-refractivity contribution is -0.122. The van der Waals surface area contributed by atoms with E-state index in [0.717, 1.165) is 3.79 Å². The maximum Gasteiger partial charge on any atom is 0.262 e. The first-order valence-electron chi connectivity index (χ1n) is 5.88. The molecule has 0 saturated heterocycles. The van der Waals surface area contributed by atoms with Crippen LogP contribution in [0.1, 0.15) is 23.5 Å². The van der Waals surface area contributed by atoms with Gasteiger partial charge in [-0.2, -0.15) is 0 Å². The third kappa shape index (κ3) is 5.30. The number of carbonyl (C=O) groups excluding carboxylic acids is 2.